The number of carbonyl (C=O) groups excluding carboxylic acids is 1. The molecule has 1 fully saturated rings. The van der Waals surface area contributed by atoms with Crippen LogP contribution in [0.25, 0.3) is 0 Å². The Kier molecular flexibility index (Phi) is 4.93. The Balaban J connectivity index is 1.94. The monoisotopic (exact) mass is 276 g/mol. The van der Waals surface area contributed by atoms with E-state index in [2.05, 4.69) is 29.1 Å². The highest BCUT2D eigenvalue weighted by molar-refractivity contribution is 5.92. The minimum Gasteiger partial charge on any atom is -0.369 e. The van der Waals surface area contributed by atoms with Gasteiger partial charge >= 0.3 is 0 Å². The number of hydrogen-bond acceptors (Lipinski definition) is 4. The summed E-state index contributed by atoms with van der Waals surface area (Å²) < 4.78 is 0. The highest BCUT2D eigenvalue weighted by Crippen LogP contribution is 2.25. The largest absolute Gasteiger partial charge is 0.369 e. The van der Waals surface area contributed by atoms with Gasteiger partial charge in [-0.1, -0.05) is 13.8 Å². The van der Waals surface area contributed by atoms with E-state index in [9.17, 15) is 4.79 Å². The van der Waals surface area contributed by atoms with Crippen LogP contribution in [0.15, 0.2) is 12.4 Å². The summed E-state index contributed by atoms with van der Waals surface area (Å²) >= 11 is 0. The second-order valence-electron chi connectivity index (χ2n) is 5.69. The number of rotatable bonds is 4. The third-order valence-corrected chi connectivity index (χ3v) is 4.00. The summed E-state index contributed by atoms with van der Waals surface area (Å²) in [4.78, 5) is 22.7. The molecule has 1 aromatic rings. The van der Waals surface area contributed by atoms with Gasteiger partial charge in [0.2, 0.25) is 0 Å². The standard InChI is InChI=1S/C15H24N4O/c1-4-16-14-10-17-13(9-18-14)15(20)19-7-5-12(6-8-19)11(2)3/h9-12H,4-8H2,1-3H3,(H,16,18). The number of piperidine rings is 1. The summed E-state index contributed by atoms with van der Waals surface area (Å²) in [6.07, 6.45) is 5.37. The van der Waals surface area contributed by atoms with Gasteiger partial charge in [0.05, 0.1) is 12.4 Å². The summed E-state index contributed by atoms with van der Waals surface area (Å²) in [6, 6.07) is 0. The van der Waals surface area contributed by atoms with E-state index in [0.717, 1.165) is 38.4 Å². The van der Waals surface area contributed by atoms with Gasteiger partial charge in [0.1, 0.15) is 11.5 Å². The average Bonchev–Trinajstić information content (AvgIpc) is 2.48. The first-order valence-corrected chi connectivity index (χ1v) is 7.47. The van der Waals surface area contributed by atoms with Crippen LogP contribution in [0.3, 0.4) is 0 Å². The van der Waals surface area contributed by atoms with Gasteiger partial charge in [-0.05, 0) is 31.6 Å². The molecule has 0 aliphatic carbocycles. The number of aromatic nitrogens is 2. The number of carbonyl (C=O) groups is 1. The minimum atomic E-state index is 0.00255. The first-order chi connectivity index (χ1) is 9.61. The van der Waals surface area contributed by atoms with Gasteiger partial charge in [0.15, 0.2) is 0 Å². The van der Waals surface area contributed by atoms with Crippen molar-refractivity contribution in [1.29, 1.82) is 0 Å². The molecule has 20 heavy (non-hydrogen) atoms. The molecule has 0 spiro atoms. The zero-order chi connectivity index (χ0) is 14.5. The Labute approximate surface area is 120 Å². The van der Waals surface area contributed by atoms with Crippen LogP contribution in [0.2, 0.25) is 0 Å². The molecule has 2 heterocycles. The summed E-state index contributed by atoms with van der Waals surface area (Å²) in [6.45, 7) is 8.97. The van der Waals surface area contributed by atoms with Crippen molar-refractivity contribution in [3.63, 3.8) is 0 Å². The molecule has 1 N–H and O–H groups in total. The molecule has 2 rings (SSSR count). The highest BCUT2D eigenvalue weighted by atomic mass is 16.2. The van der Waals surface area contributed by atoms with Crippen molar-refractivity contribution in [2.24, 2.45) is 11.8 Å². The van der Waals surface area contributed by atoms with E-state index < -0.39 is 0 Å². The van der Waals surface area contributed by atoms with Crippen LogP contribution < -0.4 is 5.32 Å². The lowest BCUT2D eigenvalue weighted by Gasteiger charge is -2.33. The molecule has 110 valence electrons. The van der Waals surface area contributed by atoms with Crippen LogP contribution >= 0.6 is 0 Å². The Morgan fingerprint density at radius 1 is 1.35 bits per heavy atom. The van der Waals surface area contributed by atoms with E-state index in [1.165, 1.54) is 0 Å². The topological polar surface area (TPSA) is 58.1 Å². The van der Waals surface area contributed by atoms with E-state index in [1.807, 2.05) is 11.8 Å². The Hall–Kier alpha value is -1.65. The zero-order valence-corrected chi connectivity index (χ0v) is 12.6. The molecule has 0 aromatic carbocycles. The normalized spacial score (nSPS) is 16.5. The van der Waals surface area contributed by atoms with Crippen LogP contribution in [-0.4, -0.2) is 40.4 Å². The van der Waals surface area contributed by atoms with Crippen LogP contribution in [0.4, 0.5) is 5.82 Å². The predicted octanol–water partition coefficient (Wildman–Crippen LogP) is 2.42. The fourth-order valence-corrected chi connectivity index (χ4v) is 2.64. The lowest BCUT2D eigenvalue weighted by Crippen LogP contribution is -2.39. The van der Waals surface area contributed by atoms with Crippen molar-refractivity contribution >= 4 is 11.7 Å². The maximum absolute atomic E-state index is 12.3. The molecule has 1 aromatic heterocycles. The third kappa shape index (κ3) is 3.46. The predicted molar refractivity (Wildman–Crippen MR) is 79.7 cm³/mol. The summed E-state index contributed by atoms with van der Waals surface area (Å²) in [7, 11) is 0. The minimum absolute atomic E-state index is 0.00255. The summed E-state index contributed by atoms with van der Waals surface area (Å²) in [5.41, 5.74) is 0.439. The van der Waals surface area contributed by atoms with Gasteiger partial charge < -0.3 is 10.2 Å². The summed E-state index contributed by atoms with van der Waals surface area (Å²) in [5, 5.41) is 3.07. The maximum Gasteiger partial charge on any atom is 0.274 e. The van der Waals surface area contributed by atoms with E-state index in [-0.39, 0.29) is 5.91 Å². The highest BCUT2D eigenvalue weighted by Gasteiger charge is 2.25. The molecular formula is C15H24N4O. The Morgan fingerprint density at radius 3 is 2.55 bits per heavy atom. The number of hydrogen-bond donors (Lipinski definition) is 1. The molecule has 1 saturated heterocycles. The molecule has 5 nitrogen and oxygen atoms in total. The molecule has 0 atom stereocenters. The fourth-order valence-electron chi connectivity index (χ4n) is 2.64. The number of amides is 1. The van der Waals surface area contributed by atoms with Crippen molar-refractivity contribution in [3.05, 3.63) is 18.1 Å². The molecule has 0 bridgehead atoms. The van der Waals surface area contributed by atoms with Gasteiger partial charge in [0, 0.05) is 19.6 Å². The molecule has 1 aliphatic rings. The lowest BCUT2D eigenvalue weighted by atomic mass is 9.86. The van der Waals surface area contributed by atoms with E-state index in [4.69, 9.17) is 0 Å². The van der Waals surface area contributed by atoms with Crippen molar-refractivity contribution in [2.75, 3.05) is 25.0 Å². The number of likely N-dealkylation sites (tertiary alicyclic amines) is 1. The maximum atomic E-state index is 12.3. The SMILES string of the molecule is CCNc1cnc(C(=O)N2CCC(C(C)C)CC2)cn1. The number of anilines is 1. The summed E-state index contributed by atoms with van der Waals surface area (Å²) in [5.74, 6) is 2.15. The van der Waals surface area contributed by atoms with Gasteiger partial charge in [-0.25, -0.2) is 9.97 Å². The number of nitrogens with one attached hydrogen (secondary N) is 1. The second kappa shape index (κ2) is 6.68. The number of nitrogens with zero attached hydrogens (tertiary/aromatic N) is 3. The average molecular weight is 276 g/mol. The zero-order valence-electron chi connectivity index (χ0n) is 12.6. The van der Waals surface area contributed by atoms with E-state index >= 15 is 0 Å². The van der Waals surface area contributed by atoms with Crippen LogP contribution in [0, 0.1) is 11.8 Å². The lowest BCUT2D eigenvalue weighted by molar-refractivity contribution is 0.0661. The first-order valence-electron chi connectivity index (χ1n) is 7.47. The molecular weight excluding hydrogens is 252 g/mol. The van der Waals surface area contributed by atoms with Crippen LogP contribution in [0.1, 0.15) is 44.1 Å². The van der Waals surface area contributed by atoms with Gasteiger partial charge in [-0.15, -0.1) is 0 Å². The van der Waals surface area contributed by atoms with E-state index in [1.54, 1.807) is 12.4 Å². The van der Waals surface area contributed by atoms with Crippen molar-refractivity contribution in [2.45, 2.75) is 33.6 Å². The first kappa shape index (κ1) is 14.8. The second-order valence-corrected chi connectivity index (χ2v) is 5.69. The van der Waals surface area contributed by atoms with Crippen LogP contribution in [0.5, 0.6) is 0 Å². The van der Waals surface area contributed by atoms with Crippen molar-refractivity contribution < 1.29 is 4.79 Å². The molecule has 1 amide bonds. The molecule has 0 unspecified atom stereocenters. The van der Waals surface area contributed by atoms with Crippen LogP contribution in [-0.2, 0) is 0 Å². The molecule has 5 heteroatoms. The van der Waals surface area contributed by atoms with Crippen molar-refractivity contribution in [1.82, 2.24) is 14.9 Å². The Bertz CT molecular complexity index is 436. The van der Waals surface area contributed by atoms with Gasteiger partial charge in [0.25, 0.3) is 5.91 Å². The smallest absolute Gasteiger partial charge is 0.274 e. The fraction of sp³-hybridized carbons (Fsp3) is 0.667. The van der Waals surface area contributed by atoms with Gasteiger partial charge in [-0.2, -0.15) is 0 Å². The molecule has 1 aliphatic heterocycles. The van der Waals surface area contributed by atoms with Crippen molar-refractivity contribution in [3.8, 4) is 0 Å². The Morgan fingerprint density at radius 2 is 2.05 bits per heavy atom. The van der Waals surface area contributed by atoms with Gasteiger partial charge in [-0.3, -0.25) is 4.79 Å². The third-order valence-electron chi connectivity index (χ3n) is 4.00. The molecule has 0 saturated carbocycles. The molecule has 0 radical (unpaired) electrons. The van der Waals surface area contributed by atoms with E-state index in [0.29, 0.717) is 17.4 Å². The quantitative estimate of drug-likeness (QED) is 0.917.